The van der Waals surface area contributed by atoms with Crippen LogP contribution in [0.15, 0.2) is 18.2 Å². The first-order valence-corrected chi connectivity index (χ1v) is 7.56. The summed E-state index contributed by atoms with van der Waals surface area (Å²) in [6.45, 7) is 4.20. The number of piperidine rings is 1. The summed E-state index contributed by atoms with van der Waals surface area (Å²) < 4.78 is 0. The second-order valence-electron chi connectivity index (χ2n) is 5.61. The van der Waals surface area contributed by atoms with Crippen LogP contribution in [0.4, 0.5) is 0 Å². The third-order valence-electron chi connectivity index (χ3n) is 3.84. The van der Waals surface area contributed by atoms with Gasteiger partial charge in [-0.1, -0.05) is 29.3 Å². The molecule has 1 saturated heterocycles. The molecule has 110 valence electrons. The van der Waals surface area contributed by atoms with E-state index in [1.807, 2.05) is 6.92 Å². The highest BCUT2D eigenvalue weighted by Gasteiger charge is 2.27. The van der Waals surface area contributed by atoms with Crippen LogP contribution in [0.25, 0.3) is 0 Å². The minimum Gasteiger partial charge on any atom is -0.390 e. The molecule has 20 heavy (non-hydrogen) atoms. The Labute approximate surface area is 129 Å². The van der Waals surface area contributed by atoms with Crippen molar-refractivity contribution in [1.29, 1.82) is 0 Å². The van der Waals surface area contributed by atoms with E-state index in [0.29, 0.717) is 28.6 Å². The highest BCUT2D eigenvalue weighted by molar-refractivity contribution is 6.43. The lowest BCUT2D eigenvalue weighted by molar-refractivity contribution is -0.00506. The van der Waals surface area contributed by atoms with Crippen molar-refractivity contribution in [1.82, 2.24) is 4.90 Å². The fourth-order valence-corrected chi connectivity index (χ4v) is 2.78. The maximum Gasteiger partial charge on any atom is 0.165 e. The van der Waals surface area contributed by atoms with Gasteiger partial charge in [0, 0.05) is 31.6 Å². The Bertz CT molecular complexity index is 493. The van der Waals surface area contributed by atoms with Crippen LogP contribution in [0.2, 0.25) is 10.0 Å². The predicted molar refractivity (Wildman–Crippen MR) is 81.7 cm³/mol. The van der Waals surface area contributed by atoms with Crippen LogP contribution in [-0.2, 0) is 0 Å². The molecular formula is C15H19Cl2NO2. The van der Waals surface area contributed by atoms with Crippen LogP contribution < -0.4 is 0 Å². The molecule has 1 heterocycles. The number of nitrogens with zero attached hydrogens (tertiary/aromatic N) is 1. The summed E-state index contributed by atoms with van der Waals surface area (Å²) in [5, 5.41) is 10.6. The first kappa shape index (κ1) is 15.8. The summed E-state index contributed by atoms with van der Waals surface area (Å²) in [6, 6.07) is 5.12. The fraction of sp³-hybridized carbons (Fsp3) is 0.533. The molecule has 0 radical (unpaired) electrons. The molecule has 1 aliphatic rings. The van der Waals surface area contributed by atoms with Crippen LogP contribution in [-0.4, -0.2) is 41.0 Å². The summed E-state index contributed by atoms with van der Waals surface area (Å²) in [4.78, 5) is 14.4. The van der Waals surface area contributed by atoms with Gasteiger partial charge in [0.2, 0.25) is 0 Å². The average molecular weight is 316 g/mol. The highest BCUT2D eigenvalue weighted by Crippen LogP contribution is 2.27. The maximum atomic E-state index is 12.2. The second-order valence-corrected chi connectivity index (χ2v) is 6.40. The Morgan fingerprint density at radius 2 is 2.00 bits per heavy atom. The maximum absolute atomic E-state index is 12.2. The molecule has 2 rings (SSSR count). The largest absolute Gasteiger partial charge is 0.390 e. The van der Waals surface area contributed by atoms with Crippen LogP contribution in [0.1, 0.15) is 36.5 Å². The highest BCUT2D eigenvalue weighted by atomic mass is 35.5. The number of rotatable bonds is 4. The van der Waals surface area contributed by atoms with Crippen molar-refractivity contribution in [2.24, 2.45) is 0 Å². The number of carbonyl (C=O) groups is 1. The van der Waals surface area contributed by atoms with E-state index in [1.165, 1.54) is 0 Å². The quantitative estimate of drug-likeness (QED) is 0.866. The SMILES string of the molecule is CC1(O)CCN(CCC(=O)c2cccc(Cl)c2Cl)CC1. The lowest BCUT2D eigenvalue weighted by atomic mass is 9.93. The molecule has 0 bridgehead atoms. The number of ketones is 1. The summed E-state index contributed by atoms with van der Waals surface area (Å²) in [6.07, 6.45) is 1.92. The molecule has 1 fully saturated rings. The number of carbonyl (C=O) groups excluding carboxylic acids is 1. The van der Waals surface area contributed by atoms with E-state index in [0.717, 1.165) is 25.9 Å². The van der Waals surface area contributed by atoms with Gasteiger partial charge >= 0.3 is 0 Å². The van der Waals surface area contributed by atoms with Gasteiger partial charge in [0.15, 0.2) is 5.78 Å². The van der Waals surface area contributed by atoms with E-state index in [2.05, 4.69) is 4.90 Å². The van der Waals surface area contributed by atoms with E-state index in [9.17, 15) is 9.90 Å². The molecule has 1 aromatic carbocycles. The zero-order valence-electron chi connectivity index (χ0n) is 11.5. The first-order valence-electron chi connectivity index (χ1n) is 6.81. The van der Waals surface area contributed by atoms with Crippen molar-refractivity contribution in [3.63, 3.8) is 0 Å². The standard InChI is InChI=1S/C15H19Cl2NO2/c1-15(20)6-9-18(10-7-15)8-5-13(19)11-3-2-4-12(16)14(11)17/h2-4,20H,5-10H2,1H3. The van der Waals surface area contributed by atoms with Crippen molar-refractivity contribution in [3.8, 4) is 0 Å². The second kappa shape index (κ2) is 6.44. The topological polar surface area (TPSA) is 40.5 Å². The van der Waals surface area contributed by atoms with Crippen molar-refractivity contribution in [3.05, 3.63) is 33.8 Å². The van der Waals surface area contributed by atoms with Crippen LogP contribution in [0.5, 0.6) is 0 Å². The Morgan fingerprint density at radius 3 is 2.65 bits per heavy atom. The van der Waals surface area contributed by atoms with Gasteiger partial charge in [-0.2, -0.15) is 0 Å². The minimum atomic E-state index is -0.559. The van der Waals surface area contributed by atoms with Crippen LogP contribution in [0.3, 0.4) is 0 Å². The zero-order valence-corrected chi connectivity index (χ0v) is 13.0. The van der Waals surface area contributed by atoms with Gasteiger partial charge < -0.3 is 10.0 Å². The molecule has 0 atom stereocenters. The molecule has 0 aliphatic carbocycles. The van der Waals surface area contributed by atoms with Crippen molar-refractivity contribution in [2.75, 3.05) is 19.6 Å². The van der Waals surface area contributed by atoms with Gasteiger partial charge in [0.05, 0.1) is 15.6 Å². The number of hydrogen-bond donors (Lipinski definition) is 1. The molecular weight excluding hydrogens is 297 g/mol. The van der Waals surface area contributed by atoms with E-state index in [1.54, 1.807) is 18.2 Å². The molecule has 0 aromatic heterocycles. The minimum absolute atomic E-state index is 0.00911. The normalized spacial score (nSPS) is 19.0. The third kappa shape index (κ3) is 3.95. The number of Topliss-reactive ketones (excluding diaryl/α,β-unsaturated/α-hetero) is 1. The lowest BCUT2D eigenvalue weighted by Crippen LogP contribution is -2.43. The number of aliphatic hydroxyl groups is 1. The van der Waals surface area contributed by atoms with E-state index < -0.39 is 5.60 Å². The summed E-state index contributed by atoms with van der Waals surface area (Å²) in [5.74, 6) is 0.00911. The summed E-state index contributed by atoms with van der Waals surface area (Å²) >= 11 is 12.0. The third-order valence-corrected chi connectivity index (χ3v) is 4.66. The fourth-order valence-electron chi connectivity index (χ4n) is 2.37. The monoisotopic (exact) mass is 315 g/mol. The van der Waals surface area contributed by atoms with E-state index in [-0.39, 0.29) is 5.78 Å². The molecule has 0 amide bonds. The summed E-state index contributed by atoms with van der Waals surface area (Å²) in [5.41, 5.74) is -0.0697. The lowest BCUT2D eigenvalue weighted by Gasteiger charge is -2.35. The number of halogens is 2. The zero-order chi connectivity index (χ0) is 14.8. The van der Waals surface area contributed by atoms with Gasteiger partial charge in [-0.15, -0.1) is 0 Å². The van der Waals surface area contributed by atoms with Gasteiger partial charge in [-0.25, -0.2) is 0 Å². The molecule has 1 N–H and O–H groups in total. The molecule has 3 nitrogen and oxygen atoms in total. The molecule has 1 aliphatic heterocycles. The molecule has 5 heteroatoms. The molecule has 0 spiro atoms. The molecule has 0 unspecified atom stereocenters. The van der Waals surface area contributed by atoms with E-state index in [4.69, 9.17) is 23.2 Å². The Kier molecular flexibility index (Phi) is 5.08. The van der Waals surface area contributed by atoms with E-state index >= 15 is 0 Å². The summed E-state index contributed by atoms with van der Waals surface area (Å²) in [7, 11) is 0. The predicted octanol–water partition coefficient (Wildman–Crippen LogP) is 3.41. The van der Waals surface area contributed by atoms with Crippen molar-refractivity contribution in [2.45, 2.75) is 31.8 Å². The van der Waals surface area contributed by atoms with Crippen LogP contribution in [0, 0.1) is 0 Å². The smallest absolute Gasteiger partial charge is 0.165 e. The molecule has 1 aromatic rings. The van der Waals surface area contributed by atoms with Gasteiger partial charge in [0.1, 0.15) is 0 Å². The molecule has 0 saturated carbocycles. The Balaban J connectivity index is 1.88. The van der Waals surface area contributed by atoms with Gasteiger partial charge in [-0.05, 0) is 31.9 Å². The van der Waals surface area contributed by atoms with Crippen molar-refractivity contribution < 1.29 is 9.90 Å². The van der Waals surface area contributed by atoms with Crippen LogP contribution >= 0.6 is 23.2 Å². The average Bonchev–Trinajstić information content (AvgIpc) is 2.40. The Morgan fingerprint density at radius 1 is 1.35 bits per heavy atom. The van der Waals surface area contributed by atoms with Gasteiger partial charge in [-0.3, -0.25) is 4.79 Å². The first-order chi connectivity index (χ1) is 9.39. The van der Waals surface area contributed by atoms with Crippen molar-refractivity contribution >= 4 is 29.0 Å². The number of benzene rings is 1. The Hall–Kier alpha value is -0.610. The van der Waals surface area contributed by atoms with Gasteiger partial charge in [0.25, 0.3) is 0 Å². The number of likely N-dealkylation sites (tertiary alicyclic amines) is 1. The number of hydrogen-bond acceptors (Lipinski definition) is 3.